The van der Waals surface area contributed by atoms with Gasteiger partial charge >= 0.3 is 0 Å². The summed E-state index contributed by atoms with van der Waals surface area (Å²) >= 11 is 4.25. The zero-order chi connectivity index (χ0) is 12.3. The lowest BCUT2D eigenvalue weighted by Crippen LogP contribution is -2.05. The molecule has 0 radical (unpaired) electrons. The van der Waals surface area contributed by atoms with E-state index in [4.69, 9.17) is 5.73 Å². The van der Waals surface area contributed by atoms with Crippen LogP contribution in [0.4, 0.5) is 10.1 Å². The van der Waals surface area contributed by atoms with Crippen molar-refractivity contribution >= 4 is 43.2 Å². The molecule has 0 saturated heterocycles. The van der Waals surface area contributed by atoms with Gasteiger partial charge in [-0.15, -0.1) is 11.8 Å². The average Bonchev–Trinajstić information content (AvgIpc) is 2.11. The number of hydrogen-bond acceptors (Lipinski definition) is 4. The molecule has 7 heteroatoms. The van der Waals surface area contributed by atoms with E-state index >= 15 is 0 Å². The number of nitrogen functional groups attached to an aromatic ring is 1. The van der Waals surface area contributed by atoms with Crippen LogP contribution in [0.3, 0.4) is 0 Å². The molecule has 1 aromatic rings. The highest BCUT2D eigenvalue weighted by atomic mass is 79.9. The molecule has 0 heterocycles. The van der Waals surface area contributed by atoms with E-state index < -0.39 is 15.7 Å². The first-order valence-electron chi connectivity index (χ1n) is 4.34. The van der Waals surface area contributed by atoms with Crippen molar-refractivity contribution in [3.8, 4) is 0 Å². The first-order valence-corrected chi connectivity index (χ1v) is 8.18. The molecule has 16 heavy (non-hydrogen) atoms. The molecule has 2 N–H and O–H groups in total. The number of nitrogens with two attached hydrogens (primary N) is 1. The van der Waals surface area contributed by atoms with Gasteiger partial charge in [-0.05, 0) is 28.1 Å². The van der Waals surface area contributed by atoms with Gasteiger partial charge in [-0.25, -0.2) is 12.8 Å². The van der Waals surface area contributed by atoms with Crippen molar-refractivity contribution in [1.29, 1.82) is 0 Å². The maximum Gasteiger partial charge on any atom is 0.148 e. The molecule has 0 aliphatic rings. The molecule has 0 fully saturated rings. The topological polar surface area (TPSA) is 60.2 Å². The fraction of sp³-hybridized carbons (Fsp3) is 0.333. The molecule has 0 spiro atoms. The van der Waals surface area contributed by atoms with Crippen LogP contribution in [0.15, 0.2) is 21.5 Å². The van der Waals surface area contributed by atoms with E-state index in [2.05, 4.69) is 15.9 Å². The van der Waals surface area contributed by atoms with Crippen LogP contribution in [0.5, 0.6) is 0 Å². The predicted octanol–water partition coefficient (Wildman–Crippen LogP) is 2.31. The number of benzene rings is 1. The Bertz CT molecular complexity index is 491. The van der Waals surface area contributed by atoms with Crippen LogP contribution in [0.1, 0.15) is 0 Å². The molecule has 0 unspecified atom stereocenters. The first-order chi connectivity index (χ1) is 7.29. The van der Waals surface area contributed by atoms with Gasteiger partial charge in [0.05, 0.1) is 10.2 Å². The maximum atomic E-state index is 13.2. The average molecular weight is 328 g/mol. The maximum absolute atomic E-state index is 13.2. The van der Waals surface area contributed by atoms with Crippen molar-refractivity contribution in [2.75, 3.05) is 23.5 Å². The Kier molecular flexibility index (Phi) is 4.63. The third-order valence-electron chi connectivity index (χ3n) is 1.76. The minimum absolute atomic E-state index is 0.0504. The Morgan fingerprint density at radius 1 is 1.50 bits per heavy atom. The highest BCUT2D eigenvalue weighted by Gasteiger charge is 2.08. The van der Waals surface area contributed by atoms with Crippen molar-refractivity contribution in [3.05, 3.63) is 22.4 Å². The van der Waals surface area contributed by atoms with Gasteiger partial charge in [0.25, 0.3) is 0 Å². The molecule has 0 aliphatic heterocycles. The van der Waals surface area contributed by atoms with Crippen LogP contribution in [0.2, 0.25) is 0 Å². The summed E-state index contributed by atoms with van der Waals surface area (Å²) in [7, 11) is -2.99. The number of sulfone groups is 1. The third kappa shape index (κ3) is 4.31. The summed E-state index contributed by atoms with van der Waals surface area (Å²) < 4.78 is 35.3. The van der Waals surface area contributed by atoms with E-state index in [0.717, 1.165) is 0 Å². The SMILES string of the molecule is CS(=O)(=O)CCSc1cc(F)c(Br)cc1N. The summed E-state index contributed by atoms with van der Waals surface area (Å²) in [6.45, 7) is 0. The van der Waals surface area contributed by atoms with Gasteiger partial charge in [0.15, 0.2) is 0 Å². The second kappa shape index (κ2) is 5.37. The number of hydrogen-bond donors (Lipinski definition) is 1. The summed E-state index contributed by atoms with van der Waals surface area (Å²) in [5, 5.41) is 0. The molecule has 0 saturated carbocycles. The Hall–Kier alpha value is -0.270. The van der Waals surface area contributed by atoms with E-state index in [1.807, 2.05) is 0 Å². The summed E-state index contributed by atoms with van der Waals surface area (Å²) in [4.78, 5) is 0.560. The van der Waals surface area contributed by atoms with Crippen molar-refractivity contribution in [2.45, 2.75) is 4.90 Å². The van der Waals surface area contributed by atoms with Crippen molar-refractivity contribution in [1.82, 2.24) is 0 Å². The van der Waals surface area contributed by atoms with Crippen molar-refractivity contribution in [3.63, 3.8) is 0 Å². The van der Waals surface area contributed by atoms with E-state index in [1.54, 1.807) is 0 Å². The van der Waals surface area contributed by atoms with Gasteiger partial charge in [-0.3, -0.25) is 0 Å². The quantitative estimate of drug-likeness (QED) is 0.681. The minimum Gasteiger partial charge on any atom is -0.398 e. The van der Waals surface area contributed by atoms with Crippen LogP contribution < -0.4 is 5.73 Å². The lowest BCUT2D eigenvalue weighted by atomic mass is 10.3. The number of anilines is 1. The predicted molar refractivity (Wildman–Crippen MR) is 68.9 cm³/mol. The standard InChI is InChI=1S/C9H11BrFNO2S2/c1-16(13,14)3-2-15-9-5-7(11)6(10)4-8(9)12/h4-5H,2-3,12H2,1H3. The molecule has 0 aliphatic carbocycles. The zero-order valence-electron chi connectivity index (χ0n) is 8.54. The molecule has 0 amide bonds. The lowest BCUT2D eigenvalue weighted by molar-refractivity contribution is 0.603. The van der Waals surface area contributed by atoms with Gasteiger partial charge in [0.1, 0.15) is 15.7 Å². The summed E-state index contributed by atoms with van der Waals surface area (Å²) in [5.41, 5.74) is 6.11. The van der Waals surface area contributed by atoms with Crippen LogP contribution in [0.25, 0.3) is 0 Å². The second-order valence-electron chi connectivity index (χ2n) is 3.28. The molecular formula is C9H11BrFNO2S2. The van der Waals surface area contributed by atoms with Crippen LogP contribution >= 0.6 is 27.7 Å². The fourth-order valence-electron chi connectivity index (χ4n) is 0.972. The van der Waals surface area contributed by atoms with Crippen LogP contribution in [-0.2, 0) is 9.84 Å². The molecule has 1 aromatic carbocycles. The lowest BCUT2D eigenvalue weighted by Gasteiger charge is -2.06. The number of halogens is 2. The van der Waals surface area contributed by atoms with Gasteiger partial charge in [-0.1, -0.05) is 0 Å². The number of thioether (sulfide) groups is 1. The van der Waals surface area contributed by atoms with Gasteiger partial charge in [0.2, 0.25) is 0 Å². The van der Waals surface area contributed by atoms with E-state index in [0.29, 0.717) is 20.8 Å². The minimum atomic E-state index is -2.99. The highest BCUT2D eigenvalue weighted by molar-refractivity contribution is 9.10. The Balaban J connectivity index is 2.71. The monoisotopic (exact) mass is 327 g/mol. The van der Waals surface area contributed by atoms with E-state index in [-0.39, 0.29) is 5.75 Å². The van der Waals surface area contributed by atoms with Gasteiger partial charge in [-0.2, -0.15) is 0 Å². The molecular weight excluding hydrogens is 317 g/mol. The van der Waals surface area contributed by atoms with E-state index in [9.17, 15) is 12.8 Å². The summed E-state index contributed by atoms with van der Waals surface area (Å²) in [6.07, 6.45) is 1.17. The van der Waals surface area contributed by atoms with Crippen LogP contribution in [0, 0.1) is 5.82 Å². The second-order valence-corrected chi connectivity index (χ2v) is 7.53. The molecule has 1 rings (SSSR count). The summed E-state index contributed by atoms with van der Waals surface area (Å²) in [6, 6.07) is 2.77. The normalized spacial score (nSPS) is 11.7. The highest BCUT2D eigenvalue weighted by Crippen LogP contribution is 2.30. The molecule has 0 atom stereocenters. The van der Waals surface area contributed by atoms with Gasteiger partial charge < -0.3 is 5.73 Å². The third-order valence-corrected chi connectivity index (χ3v) is 4.65. The molecule has 90 valence electrons. The number of rotatable bonds is 4. The van der Waals surface area contributed by atoms with Crippen LogP contribution in [-0.4, -0.2) is 26.2 Å². The molecule has 0 bridgehead atoms. The Morgan fingerprint density at radius 2 is 2.12 bits per heavy atom. The molecule has 0 aromatic heterocycles. The smallest absolute Gasteiger partial charge is 0.148 e. The van der Waals surface area contributed by atoms with Gasteiger partial charge in [0, 0.05) is 22.6 Å². The van der Waals surface area contributed by atoms with E-state index in [1.165, 1.54) is 30.2 Å². The zero-order valence-corrected chi connectivity index (χ0v) is 11.8. The fourth-order valence-corrected chi connectivity index (χ4v) is 3.51. The van der Waals surface area contributed by atoms with Crippen molar-refractivity contribution < 1.29 is 12.8 Å². The largest absolute Gasteiger partial charge is 0.398 e. The molecule has 3 nitrogen and oxygen atoms in total. The van der Waals surface area contributed by atoms with Crippen molar-refractivity contribution in [2.24, 2.45) is 0 Å². The Labute approximate surface area is 107 Å². The summed E-state index contributed by atoms with van der Waals surface area (Å²) in [5.74, 6) is 0.00914. The Morgan fingerprint density at radius 3 is 2.69 bits per heavy atom. The first kappa shape index (κ1) is 13.8.